The van der Waals surface area contributed by atoms with Crippen molar-refractivity contribution >= 4 is 11.4 Å². The minimum atomic E-state index is 0.119. The highest BCUT2D eigenvalue weighted by molar-refractivity contribution is 5.60. The van der Waals surface area contributed by atoms with Crippen LogP contribution in [-0.4, -0.2) is 18.3 Å². The predicted octanol–water partition coefficient (Wildman–Crippen LogP) is 2.99. The molecule has 0 amide bonds. The third kappa shape index (κ3) is 3.66. The van der Waals surface area contributed by atoms with Crippen LogP contribution in [0.5, 0.6) is 5.75 Å². The number of nitrogens with two attached hydrogens (primary N) is 1. The normalized spacial score (nSPS) is 10.8. The predicted molar refractivity (Wildman–Crippen MR) is 80.0 cm³/mol. The Balaban J connectivity index is 2.16. The molecule has 5 nitrogen and oxygen atoms in total. The number of anilines is 2. The van der Waals surface area contributed by atoms with Gasteiger partial charge in [0.25, 0.3) is 0 Å². The number of nitrogens with zero attached hydrogens (tertiary/aromatic N) is 2. The zero-order valence-electron chi connectivity index (χ0n) is 12.4. The Hall–Kier alpha value is -2.17. The van der Waals surface area contributed by atoms with Gasteiger partial charge in [-0.05, 0) is 26.8 Å². The zero-order valence-corrected chi connectivity index (χ0v) is 12.4. The number of rotatable bonds is 5. The molecule has 2 N–H and O–H groups in total. The van der Waals surface area contributed by atoms with Gasteiger partial charge >= 0.3 is 0 Å². The Morgan fingerprint density at radius 1 is 1.30 bits per heavy atom. The summed E-state index contributed by atoms with van der Waals surface area (Å²) >= 11 is 0. The molecule has 108 valence electrons. The summed E-state index contributed by atoms with van der Waals surface area (Å²) in [6.07, 6.45) is 0.119. The molecule has 0 atom stereocenters. The highest BCUT2D eigenvalue weighted by Gasteiger charge is 2.09. The summed E-state index contributed by atoms with van der Waals surface area (Å²) in [7, 11) is 1.98. The first-order valence-corrected chi connectivity index (χ1v) is 6.64. The zero-order chi connectivity index (χ0) is 14.7. The molecule has 0 aliphatic rings. The van der Waals surface area contributed by atoms with E-state index in [0.717, 1.165) is 22.9 Å². The van der Waals surface area contributed by atoms with Crippen molar-refractivity contribution in [3.05, 3.63) is 35.7 Å². The average Bonchev–Trinajstić information content (AvgIpc) is 2.73. The summed E-state index contributed by atoms with van der Waals surface area (Å²) in [6.45, 7) is 6.52. The second-order valence-corrected chi connectivity index (χ2v) is 5.21. The van der Waals surface area contributed by atoms with Crippen LogP contribution in [0.4, 0.5) is 11.4 Å². The lowest BCUT2D eigenvalue weighted by atomic mass is 10.2. The van der Waals surface area contributed by atoms with Crippen LogP contribution in [0.3, 0.4) is 0 Å². The minimum absolute atomic E-state index is 0.119. The molecular formula is C15H21N3O2. The fourth-order valence-electron chi connectivity index (χ4n) is 1.99. The van der Waals surface area contributed by atoms with Crippen LogP contribution in [0.15, 0.2) is 28.8 Å². The van der Waals surface area contributed by atoms with Gasteiger partial charge < -0.3 is 19.9 Å². The molecule has 0 bridgehead atoms. The van der Waals surface area contributed by atoms with Gasteiger partial charge in [-0.25, -0.2) is 0 Å². The largest absolute Gasteiger partial charge is 0.491 e. The molecule has 0 unspecified atom stereocenters. The van der Waals surface area contributed by atoms with Gasteiger partial charge in [-0.2, -0.15) is 0 Å². The second kappa shape index (κ2) is 5.86. The number of ether oxygens (including phenoxy) is 1. The van der Waals surface area contributed by atoms with E-state index in [1.54, 1.807) is 0 Å². The Labute approximate surface area is 119 Å². The standard InChI is InChI=1S/C15H21N3O2/c1-10(2)19-15-7-12(16)6-14(8-15)18(4)9-13-5-11(3)20-17-13/h5-8,10H,9,16H2,1-4H3. The van der Waals surface area contributed by atoms with E-state index in [-0.39, 0.29) is 6.10 Å². The van der Waals surface area contributed by atoms with E-state index in [1.807, 2.05) is 52.1 Å². The van der Waals surface area contributed by atoms with Gasteiger partial charge in [0.05, 0.1) is 12.6 Å². The molecule has 1 aromatic heterocycles. The van der Waals surface area contributed by atoms with Gasteiger partial charge in [0.15, 0.2) is 0 Å². The van der Waals surface area contributed by atoms with Gasteiger partial charge in [-0.3, -0.25) is 0 Å². The van der Waals surface area contributed by atoms with E-state index in [2.05, 4.69) is 10.1 Å². The maximum absolute atomic E-state index is 5.93. The van der Waals surface area contributed by atoms with Crippen LogP contribution in [-0.2, 0) is 6.54 Å². The smallest absolute Gasteiger partial charge is 0.133 e. The fourth-order valence-corrected chi connectivity index (χ4v) is 1.99. The van der Waals surface area contributed by atoms with Crippen molar-refractivity contribution in [3.63, 3.8) is 0 Å². The quantitative estimate of drug-likeness (QED) is 0.850. The van der Waals surface area contributed by atoms with E-state index < -0.39 is 0 Å². The second-order valence-electron chi connectivity index (χ2n) is 5.21. The molecule has 0 radical (unpaired) electrons. The lowest BCUT2D eigenvalue weighted by molar-refractivity contribution is 0.242. The van der Waals surface area contributed by atoms with Crippen LogP contribution in [0.1, 0.15) is 25.3 Å². The van der Waals surface area contributed by atoms with Gasteiger partial charge in [-0.15, -0.1) is 0 Å². The highest BCUT2D eigenvalue weighted by atomic mass is 16.5. The minimum Gasteiger partial charge on any atom is -0.491 e. The number of hydrogen-bond acceptors (Lipinski definition) is 5. The fraction of sp³-hybridized carbons (Fsp3) is 0.400. The van der Waals surface area contributed by atoms with Crippen molar-refractivity contribution in [1.29, 1.82) is 0 Å². The van der Waals surface area contributed by atoms with Crippen LogP contribution in [0.25, 0.3) is 0 Å². The van der Waals surface area contributed by atoms with E-state index in [0.29, 0.717) is 12.2 Å². The van der Waals surface area contributed by atoms with Crippen molar-refractivity contribution in [2.75, 3.05) is 17.7 Å². The molecule has 20 heavy (non-hydrogen) atoms. The first-order valence-electron chi connectivity index (χ1n) is 6.64. The number of benzene rings is 1. The van der Waals surface area contributed by atoms with Gasteiger partial charge in [0.2, 0.25) is 0 Å². The molecule has 0 aliphatic heterocycles. The number of hydrogen-bond donors (Lipinski definition) is 1. The molecule has 2 aromatic rings. The Morgan fingerprint density at radius 3 is 2.65 bits per heavy atom. The van der Waals surface area contributed by atoms with Crippen molar-refractivity contribution < 1.29 is 9.26 Å². The van der Waals surface area contributed by atoms with Crippen LogP contribution in [0, 0.1) is 6.92 Å². The van der Waals surface area contributed by atoms with Crippen molar-refractivity contribution in [2.45, 2.75) is 33.4 Å². The lowest BCUT2D eigenvalue weighted by Gasteiger charge is -2.20. The topological polar surface area (TPSA) is 64.5 Å². The molecule has 0 spiro atoms. The molecule has 0 aliphatic carbocycles. The van der Waals surface area contributed by atoms with Crippen molar-refractivity contribution in [3.8, 4) is 5.75 Å². The van der Waals surface area contributed by atoms with Crippen LogP contribution >= 0.6 is 0 Å². The van der Waals surface area contributed by atoms with Crippen LogP contribution in [0.2, 0.25) is 0 Å². The SMILES string of the molecule is Cc1cc(CN(C)c2cc(N)cc(OC(C)C)c2)no1. The summed E-state index contributed by atoms with van der Waals surface area (Å²) in [5.41, 5.74) is 8.49. The molecule has 1 aromatic carbocycles. The van der Waals surface area contributed by atoms with Crippen LogP contribution < -0.4 is 15.4 Å². The van der Waals surface area contributed by atoms with Crippen molar-refractivity contribution in [1.82, 2.24) is 5.16 Å². The third-order valence-electron chi connectivity index (χ3n) is 2.80. The monoisotopic (exact) mass is 275 g/mol. The average molecular weight is 275 g/mol. The maximum atomic E-state index is 5.93. The molecule has 0 saturated carbocycles. The van der Waals surface area contributed by atoms with Gasteiger partial charge in [0.1, 0.15) is 17.2 Å². The first-order chi connectivity index (χ1) is 9.44. The summed E-state index contributed by atoms with van der Waals surface area (Å²) < 4.78 is 10.8. The van der Waals surface area contributed by atoms with E-state index in [1.165, 1.54) is 0 Å². The number of aryl methyl sites for hydroxylation is 1. The van der Waals surface area contributed by atoms with Gasteiger partial charge in [0, 0.05) is 36.6 Å². The molecular weight excluding hydrogens is 254 g/mol. The first kappa shape index (κ1) is 14.2. The highest BCUT2D eigenvalue weighted by Crippen LogP contribution is 2.26. The summed E-state index contributed by atoms with van der Waals surface area (Å²) in [4.78, 5) is 2.06. The third-order valence-corrected chi connectivity index (χ3v) is 2.80. The molecule has 1 heterocycles. The Morgan fingerprint density at radius 2 is 2.05 bits per heavy atom. The van der Waals surface area contributed by atoms with Gasteiger partial charge in [-0.1, -0.05) is 5.16 Å². The molecule has 0 saturated heterocycles. The van der Waals surface area contributed by atoms with Crippen molar-refractivity contribution in [2.24, 2.45) is 0 Å². The summed E-state index contributed by atoms with van der Waals surface area (Å²) in [6, 6.07) is 7.65. The summed E-state index contributed by atoms with van der Waals surface area (Å²) in [5.74, 6) is 1.59. The summed E-state index contributed by atoms with van der Waals surface area (Å²) in [5, 5.41) is 4.00. The van der Waals surface area contributed by atoms with E-state index in [9.17, 15) is 0 Å². The number of aromatic nitrogens is 1. The Kier molecular flexibility index (Phi) is 4.17. The molecule has 0 fully saturated rings. The van der Waals surface area contributed by atoms with E-state index >= 15 is 0 Å². The maximum Gasteiger partial charge on any atom is 0.133 e. The Bertz CT molecular complexity index is 578. The van der Waals surface area contributed by atoms with E-state index in [4.69, 9.17) is 15.0 Å². The lowest BCUT2D eigenvalue weighted by Crippen LogP contribution is -2.17. The molecule has 5 heteroatoms. The number of nitrogen functional groups attached to an aromatic ring is 1. The molecule has 2 rings (SSSR count).